The molecule has 1 aromatic heterocycles. The van der Waals surface area contributed by atoms with Gasteiger partial charge in [0.15, 0.2) is 0 Å². The summed E-state index contributed by atoms with van der Waals surface area (Å²) >= 11 is 3.69. The second-order valence-electron chi connectivity index (χ2n) is 6.45. The van der Waals surface area contributed by atoms with Crippen LogP contribution in [-0.4, -0.2) is 48.9 Å². The number of hydrogen-bond donors (Lipinski definition) is 0. The van der Waals surface area contributed by atoms with E-state index in [1.165, 1.54) is 36.1 Å². The molecule has 5 heteroatoms. The Morgan fingerprint density at radius 1 is 1.09 bits per heavy atom. The number of carbonyl (C=O) groups excluding carboxylic acids is 1. The zero-order valence-electron chi connectivity index (χ0n) is 13.1. The van der Waals surface area contributed by atoms with E-state index in [0.29, 0.717) is 0 Å². The van der Waals surface area contributed by atoms with Gasteiger partial charge in [-0.1, -0.05) is 0 Å². The molecule has 1 aliphatic carbocycles. The Labute approximate surface area is 140 Å². The van der Waals surface area contributed by atoms with Gasteiger partial charge in [0.25, 0.3) is 5.91 Å². The van der Waals surface area contributed by atoms with Crippen molar-refractivity contribution in [1.82, 2.24) is 9.80 Å². The van der Waals surface area contributed by atoms with Crippen molar-refractivity contribution in [2.75, 3.05) is 33.2 Å². The van der Waals surface area contributed by atoms with Gasteiger partial charge in [-0.15, -0.1) is 23.1 Å². The number of aryl methyl sites for hydroxylation is 1. The molecule has 1 saturated heterocycles. The van der Waals surface area contributed by atoms with Crippen LogP contribution in [0.2, 0.25) is 0 Å². The zero-order chi connectivity index (χ0) is 15.1. The molecule has 3 heterocycles. The second-order valence-corrected chi connectivity index (χ2v) is 8.60. The average molecular weight is 335 g/mol. The van der Waals surface area contributed by atoms with Crippen molar-refractivity contribution < 1.29 is 4.79 Å². The first-order valence-electron chi connectivity index (χ1n) is 8.18. The number of nitrogens with zero attached hydrogens (tertiary/aromatic N) is 2. The van der Waals surface area contributed by atoms with Gasteiger partial charge in [-0.3, -0.25) is 4.79 Å². The molecule has 118 valence electrons. The van der Waals surface area contributed by atoms with Gasteiger partial charge in [0.05, 0.1) is 4.91 Å². The van der Waals surface area contributed by atoms with E-state index in [1.807, 2.05) is 16.2 Å². The fourth-order valence-electron chi connectivity index (χ4n) is 3.53. The highest BCUT2D eigenvalue weighted by Gasteiger charge is 2.28. The minimum Gasteiger partial charge on any atom is -0.336 e. The summed E-state index contributed by atoms with van der Waals surface area (Å²) in [4.78, 5) is 21.0. The van der Waals surface area contributed by atoms with Crippen LogP contribution in [0.3, 0.4) is 0 Å². The van der Waals surface area contributed by atoms with Gasteiger partial charge in [-0.2, -0.15) is 0 Å². The van der Waals surface area contributed by atoms with Crippen molar-refractivity contribution >= 4 is 35.1 Å². The molecule has 0 atom stereocenters. The lowest BCUT2D eigenvalue weighted by Crippen LogP contribution is -2.47. The van der Waals surface area contributed by atoms with Crippen molar-refractivity contribution in [2.24, 2.45) is 0 Å². The molecule has 0 saturated carbocycles. The first kappa shape index (κ1) is 14.8. The minimum atomic E-state index is 0.245. The van der Waals surface area contributed by atoms with Gasteiger partial charge < -0.3 is 9.80 Å². The molecule has 3 nitrogen and oxygen atoms in total. The van der Waals surface area contributed by atoms with Crippen molar-refractivity contribution in [3.8, 4) is 0 Å². The topological polar surface area (TPSA) is 23.6 Å². The Morgan fingerprint density at radius 3 is 2.68 bits per heavy atom. The quantitative estimate of drug-likeness (QED) is 0.789. The number of thioether (sulfide) groups is 1. The summed E-state index contributed by atoms with van der Waals surface area (Å²) in [7, 11) is 2.12. The van der Waals surface area contributed by atoms with Gasteiger partial charge in [-0.25, -0.2) is 0 Å². The number of carbonyl (C=O) groups is 1. The Morgan fingerprint density at radius 2 is 1.86 bits per heavy atom. The number of piperazine rings is 1. The normalized spacial score (nSPS) is 22.0. The van der Waals surface area contributed by atoms with Crippen LogP contribution in [0.25, 0.3) is 6.08 Å². The van der Waals surface area contributed by atoms with E-state index in [0.717, 1.165) is 36.8 Å². The SMILES string of the molecule is CN1CCN(C(=O)C2=Cc3sc4c(c3CS2)CCCC4)CC1. The lowest BCUT2D eigenvalue weighted by molar-refractivity contribution is -0.127. The number of rotatable bonds is 1. The number of fused-ring (bicyclic) bond motifs is 3. The van der Waals surface area contributed by atoms with E-state index in [2.05, 4.69) is 18.0 Å². The van der Waals surface area contributed by atoms with Crippen LogP contribution >= 0.6 is 23.1 Å². The van der Waals surface area contributed by atoms with Crippen molar-refractivity contribution in [1.29, 1.82) is 0 Å². The van der Waals surface area contributed by atoms with Gasteiger partial charge in [-0.05, 0) is 49.9 Å². The maximum atomic E-state index is 12.7. The predicted molar refractivity (Wildman–Crippen MR) is 94.3 cm³/mol. The summed E-state index contributed by atoms with van der Waals surface area (Å²) in [5, 5.41) is 0. The van der Waals surface area contributed by atoms with Crippen molar-refractivity contribution in [3.63, 3.8) is 0 Å². The fraction of sp³-hybridized carbons (Fsp3) is 0.588. The molecule has 0 spiro atoms. The highest BCUT2D eigenvalue weighted by atomic mass is 32.2. The average Bonchev–Trinajstić information content (AvgIpc) is 2.92. The van der Waals surface area contributed by atoms with Crippen LogP contribution in [0.4, 0.5) is 0 Å². The van der Waals surface area contributed by atoms with E-state index in [9.17, 15) is 4.79 Å². The highest BCUT2D eigenvalue weighted by Crippen LogP contribution is 2.42. The van der Waals surface area contributed by atoms with Gasteiger partial charge in [0.1, 0.15) is 0 Å². The summed E-state index contributed by atoms with van der Waals surface area (Å²) in [5.41, 5.74) is 3.14. The Balaban J connectivity index is 1.56. The molecular formula is C17H22N2OS2. The minimum absolute atomic E-state index is 0.245. The maximum Gasteiger partial charge on any atom is 0.260 e. The van der Waals surface area contributed by atoms with Crippen LogP contribution in [0, 0.1) is 0 Å². The van der Waals surface area contributed by atoms with Crippen molar-refractivity contribution in [3.05, 3.63) is 25.8 Å². The molecule has 1 aromatic rings. The molecule has 0 N–H and O–H groups in total. The van der Waals surface area contributed by atoms with Gasteiger partial charge >= 0.3 is 0 Å². The van der Waals surface area contributed by atoms with Crippen LogP contribution in [-0.2, 0) is 23.4 Å². The molecule has 2 aliphatic heterocycles. The predicted octanol–water partition coefficient (Wildman–Crippen LogP) is 2.99. The zero-order valence-corrected chi connectivity index (χ0v) is 14.7. The standard InChI is InChI=1S/C17H22N2OS2/c1-18-6-8-19(9-7-18)17(20)16-10-15-13(11-21-16)12-4-2-3-5-14(12)22-15/h10H,2-9,11H2,1H3. The summed E-state index contributed by atoms with van der Waals surface area (Å²) in [6.45, 7) is 3.70. The number of thiophene rings is 1. The monoisotopic (exact) mass is 334 g/mol. The van der Waals surface area contributed by atoms with Crippen LogP contribution < -0.4 is 0 Å². The lowest BCUT2D eigenvalue weighted by Gasteiger charge is -2.33. The van der Waals surface area contributed by atoms with Crippen LogP contribution in [0.15, 0.2) is 4.91 Å². The molecule has 0 aromatic carbocycles. The van der Waals surface area contributed by atoms with E-state index < -0.39 is 0 Å². The number of likely N-dealkylation sites (N-methyl/N-ethyl adjacent to an activating group) is 1. The number of amides is 1. The van der Waals surface area contributed by atoms with E-state index in [-0.39, 0.29) is 5.91 Å². The third-order valence-electron chi connectivity index (χ3n) is 4.95. The molecule has 1 fully saturated rings. The molecule has 0 unspecified atom stereocenters. The van der Waals surface area contributed by atoms with Crippen LogP contribution in [0.5, 0.6) is 0 Å². The van der Waals surface area contributed by atoms with Gasteiger partial charge in [0.2, 0.25) is 0 Å². The Bertz CT molecular complexity index is 627. The first-order valence-corrected chi connectivity index (χ1v) is 9.98. The molecule has 3 aliphatic rings. The third kappa shape index (κ3) is 2.63. The molecular weight excluding hydrogens is 312 g/mol. The first-order chi connectivity index (χ1) is 10.7. The molecule has 22 heavy (non-hydrogen) atoms. The Kier molecular flexibility index (Phi) is 4.05. The summed E-state index contributed by atoms with van der Waals surface area (Å²) in [6.07, 6.45) is 7.33. The maximum absolute atomic E-state index is 12.7. The molecule has 0 bridgehead atoms. The Hall–Kier alpha value is -0.780. The smallest absolute Gasteiger partial charge is 0.260 e. The summed E-state index contributed by atoms with van der Waals surface area (Å²) in [5.74, 6) is 1.24. The summed E-state index contributed by atoms with van der Waals surface area (Å²) in [6, 6.07) is 0. The molecule has 1 amide bonds. The fourth-order valence-corrected chi connectivity index (χ4v) is 6.13. The van der Waals surface area contributed by atoms with Crippen LogP contribution in [0.1, 0.15) is 33.7 Å². The van der Waals surface area contributed by atoms with E-state index in [4.69, 9.17) is 0 Å². The van der Waals surface area contributed by atoms with E-state index >= 15 is 0 Å². The second kappa shape index (κ2) is 6.02. The third-order valence-corrected chi connectivity index (χ3v) is 7.27. The van der Waals surface area contributed by atoms with Gasteiger partial charge in [0, 0.05) is 41.7 Å². The molecule has 4 rings (SSSR count). The summed E-state index contributed by atoms with van der Waals surface area (Å²) < 4.78 is 0. The number of hydrogen-bond acceptors (Lipinski definition) is 4. The van der Waals surface area contributed by atoms with Crippen molar-refractivity contribution in [2.45, 2.75) is 31.4 Å². The lowest BCUT2D eigenvalue weighted by atomic mass is 9.95. The molecule has 0 radical (unpaired) electrons. The van der Waals surface area contributed by atoms with E-state index in [1.54, 1.807) is 22.2 Å². The largest absolute Gasteiger partial charge is 0.336 e. The highest BCUT2D eigenvalue weighted by molar-refractivity contribution is 8.03.